The summed E-state index contributed by atoms with van der Waals surface area (Å²) in [6.07, 6.45) is 12.4. The van der Waals surface area contributed by atoms with Gasteiger partial charge < -0.3 is 14.9 Å². The molecular formula is C33H35N7O5S. The normalized spacial score (nSPS) is 25.1. The van der Waals surface area contributed by atoms with Crippen LogP contribution in [0.15, 0.2) is 49.1 Å². The van der Waals surface area contributed by atoms with Gasteiger partial charge in [0.25, 0.3) is 11.8 Å². The number of hydrogen-bond donors (Lipinski definition) is 2. The first-order chi connectivity index (χ1) is 22.1. The zero-order chi connectivity index (χ0) is 31.9. The van der Waals surface area contributed by atoms with Crippen LogP contribution in [0.1, 0.15) is 70.5 Å². The van der Waals surface area contributed by atoms with Gasteiger partial charge in [-0.25, -0.2) is 13.1 Å². The number of rotatable bonds is 6. The van der Waals surface area contributed by atoms with E-state index in [1.165, 1.54) is 50.0 Å². The highest BCUT2D eigenvalue weighted by Crippen LogP contribution is 2.60. The highest BCUT2D eigenvalue weighted by atomic mass is 32.2. The number of piperazine rings is 1. The minimum absolute atomic E-state index is 0.00566. The molecule has 0 radical (unpaired) electrons. The van der Waals surface area contributed by atoms with Gasteiger partial charge in [0.15, 0.2) is 11.5 Å². The van der Waals surface area contributed by atoms with Gasteiger partial charge in [-0.3, -0.25) is 19.6 Å². The molecule has 0 atom stereocenters. The standard InChI is InChI=1S/C33H35N7O5S/c41-28-13-23(18-35-20-28)2-1-22-12-27(19-34-17-22)32(43)40-7-5-39(6-8-40)30-4-3-29(36-37-30)31(42)38-46(44,45)21-33-14-24-9-25(15-33)11-26(10-24)16-33/h3-4,12-13,17-20,24-26,41H,5-11,14-16,21H2,(H,38,42). The molecule has 4 aliphatic carbocycles. The third-order valence-corrected chi connectivity index (χ3v) is 11.2. The molecule has 4 bridgehead atoms. The Bertz CT molecular complexity index is 1790. The van der Waals surface area contributed by atoms with E-state index in [2.05, 4.69) is 36.7 Å². The van der Waals surface area contributed by atoms with Crippen molar-refractivity contribution in [1.82, 2.24) is 29.8 Å². The Morgan fingerprint density at radius 2 is 1.50 bits per heavy atom. The maximum Gasteiger partial charge on any atom is 0.285 e. The number of hydrogen-bond acceptors (Lipinski definition) is 10. The van der Waals surface area contributed by atoms with Crippen LogP contribution in [0.25, 0.3) is 0 Å². The van der Waals surface area contributed by atoms with Crippen molar-refractivity contribution < 1.29 is 23.1 Å². The van der Waals surface area contributed by atoms with E-state index >= 15 is 0 Å². The Morgan fingerprint density at radius 3 is 2.11 bits per heavy atom. The quantitative estimate of drug-likeness (QED) is 0.383. The monoisotopic (exact) mass is 641 g/mol. The van der Waals surface area contributed by atoms with E-state index in [0.29, 0.717) is 66.4 Å². The predicted molar refractivity (Wildman–Crippen MR) is 168 cm³/mol. The third-order valence-electron chi connectivity index (χ3n) is 9.74. The minimum atomic E-state index is -3.82. The van der Waals surface area contributed by atoms with E-state index in [4.69, 9.17) is 0 Å². The molecule has 238 valence electrons. The summed E-state index contributed by atoms with van der Waals surface area (Å²) < 4.78 is 28.4. The summed E-state index contributed by atoms with van der Waals surface area (Å²) in [5, 5.41) is 17.8. The number of anilines is 1. The van der Waals surface area contributed by atoms with Crippen LogP contribution in [-0.2, 0) is 10.0 Å². The van der Waals surface area contributed by atoms with Crippen LogP contribution in [0, 0.1) is 35.0 Å². The summed E-state index contributed by atoms with van der Waals surface area (Å²) in [7, 11) is -3.82. The lowest BCUT2D eigenvalue weighted by atomic mass is 9.50. The van der Waals surface area contributed by atoms with Crippen molar-refractivity contribution in [3.63, 3.8) is 0 Å². The maximum atomic E-state index is 13.2. The second-order valence-electron chi connectivity index (χ2n) is 13.3. The Morgan fingerprint density at radius 1 is 0.870 bits per heavy atom. The van der Waals surface area contributed by atoms with E-state index in [-0.39, 0.29) is 28.5 Å². The van der Waals surface area contributed by atoms with Crippen molar-refractivity contribution in [2.45, 2.75) is 38.5 Å². The highest BCUT2D eigenvalue weighted by Gasteiger charge is 2.52. The van der Waals surface area contributed by atoms with Gasteiger partial charge >= 0.3 is 0 Å². The lowest BCUT2D eigenvalue weighted by Gasteiger charge is -2.56. The molecule has 12 nitrogen and oxygen atoms in total. The van der Waals surface area contributed by atoms with Gasteiger partial charge in [0.2, 0.25) is 10.0 Å². The van der Waals surface area contributed by atoms with Crippen LogP contribution in [0.4, 0.5) is 5.82 Å². The van der Waals surface area contributed by atoms with Crippen molar-refractivity contribution in [3.05, 3.63) is 71.4 Å². The molecular weight excluding hydrogens is 606 g/mol. The molecule has 1 aliphatic heterocycles. The predicted octanol–water partition coefficient (Wildman–Crippen LogP) is 2.61. The number of aromatic hydroxyl groups is 1. The number of aromatic nitrogens is 4. The van der Waals surface area contributed by atoms with Crippen LogP contribution in [0.5, 0.6) is 5.75 Å². The summed E-state index contributed by atoms with van der Waals surface area (Å²) in [6, 6.07) is 6.33. The molecule has 3 aromatic heterocycles. The van der Waals surface area contributed by atoms with Crippen LogP contribution in [-0.4, -0.2) is 82.3 Å². The number of nitrogens with one attached hydrogen (secondary N) is 1. The van der Waals surface area contributed by atoms with Crippen molar-refractivity contribution in [2.24, 2.45) is 23.2 Å². The summed E-state index contributed by atoms with van der Waals surface area (Å²) >= 11 is 0. The SMILES string of the molecule is O=C(NS(=O)(=O)CC12CC3CC(CC(C3)C1)C2)c1ccc(N2CCN(C(=O)c3cncc(C#Cc4cncc(O)c4)c3)CC2)nn1. The molecule has 2 amide bonds. The first-order valence-electron chi connectivity index (χ1n) is 15.7. The number of amides is 2. The van der Waals surface area contributed by atoms with Gasteiger partial charge in [-0.1, -0.05) is 11.8 Å². The van der Waals surface area contributed by atoms with Crippen LogP contribution in [0.2, 0.25) is 0 Å². The topological polar surface area (TPSA) is 159 Å². The molecule has 1 saturated heterocycles. The second-order valence-corrected chi connectivity index (χ2v) is 15.0. The number of pyridine rings is 2. The van der Waals surface area contributed by atoms with Crippen LogP contribution < -0.4 is 9.62 Å². The number of carbonyl (C=O) groups excluding carboxylic acids is 2. The van der Waals surface area contributed by atoms with Gasteiger partial charge in [0.05, 0.1) is 17.5 Å². The summed E-state index contributed by atoms with van der Waals surface area (Å²) in [5.74, 6) is 7.36. The number of sulfonamides is 1. The van der Waals surface area contributed by atoms with Gasteiger partial charge in [-0.2, -0.15) is 0 Å². The van der Waals surface area contributed by atoms with Crippen molar-refractivity contribution in [2.75, 3.05) is 36.8 Å². The van der Waals surface area contributed by atoms with Crippen molar-refractivity contribution in [3.8, 4) is 17.6 Å². The smallest absolute Gasteiger partial charge is 0.285 e. The molecule has 0 aromatic carbocycles. The van der Waals surface area contributed by atoms with Crippen molar-refractivity contribution in [1.29, 1.82) is 0 Å². The fraction of sp³-hybridized carbons (Fsp3) is 0.455. The van der Waals surface area contributed by atoms with E-state index < -0.39 is 15.9 Å². The largest absolute Gasteiger partial charge is 0.506 e. The average Bonchev–Trinajstić information content (AvgIpc) is 3.02. The molecule has 3 aromatic rings. The molecule has 2 N–H and O–H groups in total. The molecule has 0 spiro atoms. The Labute approximate surface area is 267 Å². The van der Waals surface area contributed by atoms with Gasteiger partial charge in [0, 0.05) is 55.9 Å². The fourth-order valence-electron chi connectivity index (χ4n) is 8.30. The molecule has 46 heavy (non-hydrogen) atoms. The second kappa shape index (κ2) is 12.0. The Balaban J connectivity index is 0.926. The Kier molecular flexibility index (Phi) is 7.84. The molecule has 5 aliphatic rings. The van der Waals surface area contributed by atoms with Crippen LogP contribution >= 0.6 is 0 Å². The minimum Gasteiger partial charge on any atom is -0.506 e. The fourth-order valence-corrected chi connectivity index (χ4v) is 9.92. The summed E-state index contributed by atoms with van der Waals surface area (Å²) in [5.41, 5.74) is 1.26. The first kappa shape index (κ1) is 30.1. The number of carbonyl (C=O) groups is 2. The highest BCUT2D eigenvalue weighted by molar-refractivity contribution is 7.90. The van der Waals surface area contributed by atoms with Gasteiger partial charge in [-0.15, -0.1) is 10.2 Å². The molecule has 13 heteroatoms. The average molecular weight is 642 g/mol. The molecule has 4 heterocycles. The first-order valence-corrected chi connectivity index (χ1v) is 17.3. The lowest BCUT2D eigenvalue weighted by Crippen LogP contribution is -2.51. The van der Waals surface area contributed by atoms with Gasteiger partial charge in [0.1, 0.15) is 5.75 Å². The molecule has 0 unspecified atom stereocenters. The Hall–Kier alpha value is -4.57. The van der Waals surface area contributed by atoms with Crippen LogP contribution in [0.3, 0.4) is 0 Å². The van der Waals surface area contributed by atoms with Gasteiger partial charge in [-0.05, 0) is 86.0 Å². The van der Waals surface area contributed by atoms with E-state index in [1.807, 2.05) is 4.90 Å². The number of nitrogens with zero attached hydrogens (tertiary/aromatic N) is 6. The zero-order valence-electron chi connectivity index (χ0n) is 25.3. The third kappa shape index (κ3) is 6.53. The lowest BCUT2D eigenvalue weighted by molar-refractivity contribution is -0.0391. The zero-order valence-corrected chi connectivity index (χ0v) is 26.1. The van der Waals surface area contributed by atoms with E-state index in [1.54, 1.807) is 23.2 Å². The van der Waals surface area contributed by atoms with E-state index in [0.717, 1.165) is 19.3 Å². The van der Waals surface area contributed by atoms with E-state index in [9.17, 15) is 23.1 Å². The van der Waals surface area contributed by atoms with Crippen molar-refractivity contribution >= 4 is 27.7 Å². The maximum absolute atomic E-state index is 13.2. The molecule has 8 rings (SSSR count). The summed E-state index contributed by atoms with van der Waals surface area (Å²) in [6.45, 7) is 1.89. The molecule has 5 fully saturated rings. The molecule has 4 saturated carbocycles. The summed E-state index contributed by atoms with van der Waals surface area (Å²) in [4.78, 5) is 37.8.